The summed E-state index contributed by atoms with van der Waals surface area (Å²) in [4.78, 5) is 24.7. The molecule has 0 unspecified atom stereocenters. The molecule has 1 atom stereocenters. The number of methoxy groups -OCH3 is 1. The van der Waals surface area contributed by atoms with Gasteiger partial charge in [0.2, 0.25) is 5.91 Å². The van der Waals surface area contributed by atoms with Gasteiger partial charge in [-0.3, -0.25) is 14.5 Å². The number of rotatable bonds is 6. The second-order valence-corrected chi connectivity index (χ2v) is 5.09. The molecule has 1 aromatic rings. The van der Waals surface area contributed by atoms with Crippen molar-refractivity contribution in [2.24, 2.45) is 0 Å². The number of aliphatic carboxylic acids is 1. The van der Waals surface area contributed by atoms with Crippen molar-refractivity contribution in [3.05, 3.63) is 29.8 Å². The largest absolute Gasteiger partial charge is 0.497 e. The minimum Gasteiger partial charge on any atom is -0.497 e. The quantitative estimate of drug-likeness (QED) is 0.813. The van der Waals surface area contributed by atoms with E-state index in [2.05, 4.69) is 5.32 Å². The summed E-state index contributed by atoms with van der Waals surface area (Å²) in [6, 6.07) is 6.93. The van der Waals surface area contributed by atoms with Crippen molar-refractivity contribution in [1.29, 1.82) is 0 Å². The third-order valence-corrected chi connectivity index (χ3v) is 3.62. The molecule has 2 N–H and O–H groups in total. The van der Waals surface area contributed by atoms with Crippen LogP contribution in [-0.4, -0.2) is 48.1 Å². The van der Waals surface area contributed by atoms with Crippen LogP contribution in [0, 0.1) is 0 Å². The summed E-state index contributed by atoms with van der Waals surface area (Å²) in [6.07, 6.45) is 1.43. The van der Waals surface area contributed by atoms with Gasteiger partial charge in [-0.25, -0.2) is 0 Å². The van der Waals surface area contributed by atoms with Gasteiger partial charge in [0.25, 0.3) is 0 Å². The zero-order valence-corrected chi connectivity index (χ0v) is 12.0. The minimum atomic E-state index is -0.854. The van der Waals surface area contributed by atoms with E-state index in [9.17, 15) is 9.59 Å². The summed E-state index contributed by atoms with van der Waals surface area (Å²) in [7, 11) is 1.59. The Morgan fingerprint density at radius 1 is 1.48 bits per heavy atom. The highest BCUT2D eigenvalue weighted by atomic mass is 16.5. The number of hydrogen-bond acceptors (Lipinski definition) is 4. The lowest BCUT2D eigenvalue weighted by atomic mass is 10.2. The van der Waals surface area contributed by atoms with E-state index in [1.807, 2.05) is 24.3 Å². The Labute approximate surface area is 123 Å². The molecular weight excluding hydrogens is 272 g/mol. The number of nitrogens with one attached hydrogen (secondary N) is 1. The summed E-state index contributed by atoms with van der Waals surface area (Å²) in [5.41, 5.74) is 0.943. The number of carboxylic acids is 1. The molecule has 1 aliphatic heterocycles. The Hall–Kier alpha value is -2.08. The Balaban J connectivity index is 1.83. The van der Waals surface area contributed by atoms with Gasteiger partial charge in [-0.2, -0.15) is 0 Å². The number of hydrogen-bond donors (Lipinski definition) is 2. The van der Waals surface area contributed by atoms with E-state index in [-0.39, 0.29) is 12.5 Å². The highest BCUT2D eigenvalue weighted by Crippen LogP contribution is 2.16. The van der Waals surface area contributed by atoms with Gasteiger partial charge in [0, 0.05) is 6.54 Å². The molecule has 0 bridgehead atoms. The van der Waals surface area contributed by atoms with E-state index in [4.69, 9.17) is 9.84 Å². The number of amides is 1. The van der Waals surface area contributed by atoms with Crippen LogP contribution in [0.15, 0.2) is 24.3 Å². The van der Waals surface area contributed by atoms with Crippen molar-refractivity contribution >= 4 is 11.9 Å². The SMILES string of the molecule is COc1cccc(CNC(=O)CN2CCC[C@H]2C(=O)O)c1. The van der Waals surface area contributed by atoms with Gasteiger partial charge in [-0.1, -0.05) is 12.1 Å². The third-order valence-electron chi connectivity index (χ3n) is 3.62. The predicted octanol–water partition coefficient (Wildman–Crippen LogP) is 0.860. The summed E-state index contributed by atoms with van der Waals surface area (Å²) >= 11 is 0. The van der Waals surface area contributed by atoms with Crippen molar-refractivity contribution in [1.82, 2.24) is 10.2 Å². The lowest BCUT2D eigenvalue weighted by molar-refractivity contribution is -0.142. The second kappa shape index (κ2) is 7.08. The van der Waals surface area contributed by atoms with Crippen LogP contribution in [-0.2, 0) is 16.1 Å². The molecule has 6 nitrogen and oxygen atoms in total. The number of carboxylic acid groups (broad SMARTS) is 1. The number of carbonyl (C=O) groups excluding carboxylic acids is 1. The first kappa shape index (κ1) is 15.3. The van der Waals surface area contributed by atoms with Gasteiger partial charge >= 0.3 is 5.97 Å². The van der Waals surface area contributed by atoms with Crippen molar-refractivity contribution in [3.8, 4) is 5.75 Å². The monoisotopic (exact) mass is 292 g/mol. The van der Waals surface area contributed by atoms with E-state index >= 15 is 0 Å². The Morgan fingerprint density at radius 3 is 3.00 bits per heavy atom. The Morgan fingerprint density at radius 2 is 2.29 bits per heavy atom. The van der Waals surface area contributed by atoms with Crippen LogP contribution in [0.25, 0.3) is 0 Å². The standard InChI is InChI=1S/C15H20N2O4/c1-21-12-5-2-4-11(8-12)9-16-14(18)10-17-7-3-6-13(17)15(19)20/h2,4-5,8,13H,3,6-7,9-10H2,1H3,(H,16,18)(H,19,20)/t13-/m0/s1. The van der Waals surface area contributed by atoms with Crippen molar-refractivity contribution < 1.29 is 19.4 Å². The van der Waals surface area contributed by atoms with E-state index in [0.29, 0.717) is 19.5 Å². The zero-order valence-electron chi connectivity index (χ0n) is 12.0. The fourth-order valence-corrected chi connectivity index (χ4v) is 2.52. The molecule has 0 spiro atoms. The summed E-state index contributed by atoms with van der Waals surface area (Å²) in [5.74, 6) is -0.272. The average molecular weight is 292 g/mol. The Kier molecular flexibility index (Phi) is 5.16. The van der Waals surface area contributed by atoms with Crippen LogP contribution in [0.4, 0.5) is 0 Å². The number of likely N-dealkylation sites (tertiary alicyclic amines) is 1. The molecule has 0 aromatic heterocycles. The maximum absolute atomic E-state index is 11.9. The zero-order chi connectivity index (χ0) is 15.2. The van der Waals surface area contributed by atoms with E-state index in [0.717, 1.165) is 17.7 Å². The molecule has 6 heteroatoms. The molecule has 1 saturated heterocycles. The van der Waals surface area contributed by atoms with Crippen LogP contribution < -0.4 is 10.1 Å². The molecule has 2 rings (SSSR count). The summed E-state index contributed by atoms with van der Waals surface area (Å²) in [6.45, 7) is 1.19. The predicted molar refractivity (Wildman–Crippen MR) is 77.1 cm³/mol. The molecule has 1 aromatic carbocycles. The molecular formula is C15H20N2O4. The van der Waals surface area contributed by atoms with Crippen LogP contribution in [0.3, 0.4) is 0 Å². The summed E-state index contributed by atoms with van der Waals surface area (Å²) in [5, 5.41) is 11.9. The first-order chi connectivity index (χ1) is 10.1. The smallest absolute Gasteiger partial charge is 0.320 e. The number of nitrogens with zero attached hydrogens (tertiary/aromatic N) is 1. The van der Waals surface area contributed by atoms with Gasteiger partial charge in [-0.05, 0) is 37.1 Å². The van der Waals surface area contributed by atoms with Gasteiger partial charge in [0.05, 0.1) is 13.7 Å². The highest BCUT2D eigenvalue weighted by molar-refractivity contribution is 5.80. The lowest BCUT2D eigenvalue weighted by Crippen LogP contribution is -2.42. The maximum atomic E-state index is 11.9. The van der Waals surface area contributed by atoms with Crippen LogP contribution in [0.2, 0.25) is 0 Å². The highest BCUT2D eigenvalue weighted by Gasteiger charge is 2.31. The third kappa shape index (κ3) is 4.19. The van der Waals surface area contributed by atoms with Crippen LogP contribution in [0.5, 0.6) is 5.75 Å². The fraction of sp³-hybridized carbons (Fsp3) is 0.467. The first-order valence-electron chi connectivity index (χ1n) is 6.96. The molecule has 0 saturated carbocycles. The fourth-order valence-electron chi connectivity index (χ4n) is 2.52. The molecule has 1 amide bonds. The van der Waals surface area contributed by atoms with Gasteiger partial charge in [0.15, 0.2) is 0 Å². The molecule has 1 fully saturated rings. The second-order valence-electron chi connectivity index (χ2n) is 5.09. The van der Waals surface area contributed by atoms with Crippen LogP contribution >= 0.6 is 0 Å². The number of benzene rings is 1. The molecule has 1 aliphatic rings. The van der Waals surface area contributed by atoms with E-state index in [1.165, 1.54) is 0 Å². The lowest BCUT2D eigenvalue weighted by Gasteiger charge is -2.20. The van der Waals surface area contributed by atoms with Crippen LogP contribution in [0.1, 0.15) is 18.4 Å². The molecule has 21 heavy (non-hydrogen) atoms. The Bertz CT molecular complexity index is 518. The first-order valence-corrected chi connectivity index (χ1v) is 6.96. The van der Waals surface area contributed by atoms with Crippen molar-refractivity contribution in [2.75, 3.05) is 20.2 Å². The van der Waals surface area contributed by atoms with Crippen molar-refractivity contribution in [3.63, 3.8) is 0 Å². The van der Waals surface area contributed by atoms with Crippen molar-refractivity contribution in [2.45, 2.75) is 25.4 Å². The minimum absolute atomic E-state index is 0.126. The number of ether oxygens (including phenoxy) is 1. The summed E-state index contributed by atoms with van der Waals surface area (Å²) < 4.78 is 5.12. The van der Waals surface area contributed by atoms with E-state index in [1.54, 1.807) is 12.0 Å². The molecule has 114 valence electrons. The average Bonchev–Trinajstić information content (AvgIpc) is 2.93. The van der Waals surface area contributed by atoms with Gasteiger partial charge in [-0.15, -0.1) is 0 Å². The number of carbonyl (C=O) groups is 2. The molecule has 0 radical (unpaired) electrons. The maximum Gasteiger partial charge on any atom is 0.320 e. The van der Waals surface area contributed by atoms with E-state index < -0.39 is 12.0 Å². The normalized spacial score (nSPS) is 18.4. The van der Waals surface area contributed by atoms with Gasteiger partial charge < -0.3 is 15.2 Å². The molecule has 1 heterocycles. The van der Waals surface area contributed by atoms with Gasteiger partial charge in [0.1, 0.15) is 11.8 Å². The molecule has 0 aliphatic carbocycles. The topological polar surface area (TPSA) is 78.9 Å².